The van der Waals surface area contributed by atoms with E-state index in [1.54, 1.807) is 16.9 Å². The van der Waals surface area contributed by atoms with Crippen molar-refractivity contribution < 1.29 is 5.11 Å². The number of nitrogens with one attached hydrogen (secondary N) is 1. The van der Waals surface area contributed by atoms with Crippen LogP contribution in [-0.2, 0) is 7.05 Å². The van der Waals surface area contributed by atoms with E-state index in [-0.39, 0.29) is 5.75 Å². The maximum Gasteiger partial charge on any atom is 0.245 e. The summed E-state index contributed by atoms with van der Waals surface area (Å²) in [5.74, 6) is 0.754. The minimum atomic E-state index is 0.133. The van der Waals surface area contributed by atoms with Crippen LogP contribution >= 0.6 is 0 Å². The summed E-state index contributed by atoms with van der Waals surface area (Å²) in [6, 6.07) is 7.77. The number of nitrogens with zero attached hydrogens (tertiary/aromatic N) is 6. The Labute approximate surface area is 151 Å². The summed E-state index contributed by atoms with van der Waals surface area (Å²) in [6.07, 6.45) is 4.59. The van der Waals surface area contributed by atoms with Gasteiger partial charge in [-0.3, -0.25) is 4.68 Å². The van der Waals surface area contributed by atoms with Gasteiger partial charge < -0.3 is 15.3 Å². The van der Waals surface area contributed by atoms with Crippen LogP contribution in [0.5, 0.6) is 5.75 Å². The number of benzene rings is 1. The Hall–Kier alpha value is -3.00. The number of phenols is 1. The first-order valence-electron chi connectivity index (χ1n) is 8.59. The lowest BCUT2D eigenvalue weighted by Gasteiger charge is -2.15. The number of aromatic nitrogens is 5. The molecule has 1 aliphatic rings. The Morgan fingerprint density at radius 3 is 2.69 bits per heavy atom. The molecule has 1 atom stereocenters. The molecular weight excluding hydrogens is 330 g/mol. The lowest BCUT2D eigenvalue weighted by atomic mass is 10.1. The average molecular weight is 351 g/mol. The number of hydrogen-bond acceptors (Lipinski definition) is 7. The molecule has 2 aromatic heterocycles. The van der Waals surface area contributed by atoms with Gasteiger partial charge in [-0.2, -0.15) is 5.10 Å². The highest BCUT2D eigenvalue weighted by molar-refractivity contribution is 5.72. The fourth-order valence-electron chi connectivity index (χ4n) is 3.19. The Morgan fingerprint density at radius 1 is 1.19 bits per heavy atom. The van der Waals surface area contributed by atoms with Crippen molar-refractivity contribution in [3.05, 3.63) is 36.7 Å². The molecule has 134 valence electrons. The first-order chi connectivity index (χ1) is 12.6. The quantitative estimate of drug-likeness (QED) is 0.735. The van der Waals surface area contributed by atoms with Gasteiger partial charge in [-0.25, -0.2) is 4.98 Å². The molecule has 8 nitrogen and oxygen atoms in total. The van der Waals surface area contributed by atoms with Gasteiger partial charge in [0.1, 0.15) is 11.4 Å². The zero-order chi connectivity index (χ0) is 18.1. The molecule has 3 aromatic rings. The summed E-state index contributed by atoms with van der Waals surface area (Å²) >= 11 is 0. The van der Waals surface area contributed by atoms with Gasteiger partial charge in [0, 0.05) is 43.5 Å². The van der Waals surface area contributed by atoms with E-state index in [2.05, 4.69) is 30.5 Å². The molecule has 4 rings (SSSR count). The lowest BCUT2D eigenvalue weighted by molar-refractivity contribution is 0.477. The molecule has 1 aliphatic heterocycles. The smallest absolute Gasteiger partial charge is 0.245 e. The van der Waals surface area contributed by atoms with E-state index in [1.165, 1.54) is 0 Å². The van der Waals surface area contributed by atoms with Crippen LogP contribution in [0.3, 0.4) is 0 Å². The summed E-state index contributed by atoms with van der Waals surface area (Å²) in [6.45, 7) is 1.79. The van der Waals surface area contributed by atoms with Crippen molar-refractivity contribution in [1.29, 1.82) is 0 Å². The van der Waals surface area contributed by atoms with Crippen LogP contribution in [0.1, 0.15) is 6.42 Å². The number of rotatable bonds is 4. The molecule has 2 N–H and O–H groups in total. The summed E-state index contributed by atoms with van der Waals surface area (Å²) < 4.78 is 1.73. The van der Waals surface area contributed by atoms with Crippen LogP contribution < -0.4 is 10.2 Å². The number of aromatic hydroxyl groups is 1. The number of hydrogen-bond donors (Lipinski definition) is 2. The molecule has 0 amide bonds. The number of anilines is 1. The Morgan fingerprint density at radius 2 is 2.08 bits per heavy atom. The van der Waals surface area contributed by atoms with Crippen LogP contribution in [0.25, 0.3) is 22.5 Å². The van der Waals surface area contributed by atoms with Crippen molar-refractivity contribution in [3.8, 4) is 28.3 Å². The summed E-state index contributed by atoms with van der Waals surface area (Å²) in [7, 11) is 3.83. The highest BCUT2D eigenvalue weighted by atomic mass is 16.3. The van der Waals surface area contributed by atoms with Gasteiger partial charge in [0.25, 0.3) is 0 Å². The van der Waals surface area contributed by atoms with Gasteiger partial charge in [0.15, 0.2) is 0 Å². The maximum absolute atomic E-state index is 10.4. The standard InChI is InChI=1S/C18H21N7O/c1-19-13-5-8-25(11-13)18-20-10-16(21-22-18)14-4-3-12(9-17(14)26)15-6-7-24(2)23-15/h3-4,6-7,9-10,13,19,26H,5,8,11H2,1-2H3. The van der Waals surface area contributed by atoms with Crippen LogP contribution in [0.2, 0.25) is 0 Å². The second-order valence-electron chi connectivity index (χ2n) is 6.47. The number of phenolic OH excluding ortho intramolecular Hbond substituents is 1. The monoisotopic (exact) mass is 351 g/mol. The van der Waals surface area contributed by atoms with E-state index in [9.17, 15) is 5.11 Å². The van der Waals surface area contributed by atoms with E-state index < -0.39 is 0 Å². The minimum Gasteiger partial charge on any atom is -0.507 e. The van der Waals surface area contributed by atoms with Crippen molar-refractivity contribution in [2.45, 2.75) is 12.5 Å². The molecule has 0 bridgehead atoms. The van der Waals surface area contributed by atoms with Gasteiger partial charge in [-0.15, -0.1) is 10.2 Å². The molecule has 8 heteroatoms. The average Bonchev–Trinajstić information content (AvgIpc) is 3.31. The number of likely N-dealkylation sites (N-methyl/N-ethyl adjacent to an activating group) is 1. The Bertz CT molecular complexity index is 906. The van der Waals surface area contributed by atoms with Gasteiger partial charge in [0.05, 0.1) is 11.9 Å². The third-order valence-electron chi connectivity index (χ3n) is 4.71. The van der Waals surface area contributed by atoms with E-state index in [1.807, 2.05) is 38.5 Å². The van der Waals surface area contributed by atoms with Crippen molar-refractivity contribution >= 4 is 5.95 Å². The van der Waals surface area contributed by atoms with E-state index in [0.29, 0.717) is 23.2 Å². The van der Waals surface area contributed by atoms with Crippen molar-refractivity contribution in [3.63, 3.8) is 0 Å². The normalized spacial score (nSPS) is 17.0. The third-order valence-corrected chi connectivity index (χ3v) is 4.71. The SMILES string of the molecule is CNC1CCN(c2ncc(-c3ccc(-c4ccn(C)n4)cc3O)nn2)C1. The molecule has 1 unspecified atom stereocenters. The van der Waals surface area contributed by atoms with Crippen LogP contribution in [-0.4, -0.2) is 56.2 Å². The van der Waals surface area contributed by atoms with E-state index >= 15 is 0 Å². The first-order valence-corrected chi connectivity index (χ1v) is 8.59. The van der Waals surface area contributed by atoms with Crippen molar-refractivity contribution in [2.75, 3.05) is 25.0 Å². The van der Waals surface area contributed by atoms with Crippen LogP contribution in [0.4, 0.5) is 5.95 Å². The molecule has 0 saturated carbocycles. The Kier molecular flexibility index (Phi) is 4.26. The summed E-state index contributed by atoms with van der Waals surface area (Å²) in [5.41, 5.74) is 2.80. The minimum absolute atomic E-state index is 0.133. The highest BCUT2D eigenvalue weighted by Gasteiger charge is 2.23. The van der Waals surface area contributed by atoms with Gasteiger partial charge >= 0.3 is 0 Å². The molecule has 26 heavy (non-hydrogen) atoms. The fourth-order valence-corrected chi connectivity index (χ4v) is 3.19. The molecule has 1 aromatic carbocycles. The predicted molar refractivity (Wildman–Crippen MR) is 98.8 cm³/mol. The molecule has 1 fully saturated rings. The topological polar surface area (TPSA) is 92.0 Å². The summed E-state index contributed by atoms with van der Waals surface area (Å²) in [4.78, 5) is 6.54. The molecule has 0 aliphatic carbocycles. The van der Waals surface area contributed by atoms with E-state index in [4.69, 9.17) is 0 Å². The lowest BCUT2D eigenvalue weighted by Crippen LogP contribution is -2.30. The van der Waals surface area contributed by atoms with E-state index in [0.717, 1.165) is 30.8 Å². The molecular formula is C18H21N7O. The molecule has 3 heterocycles. The zero-order valence-electron chi connectivity index (χ0n) is 14.8. The summed E-state index contributed by atoms with van der Waals surface area (Å²) in [5, 5.41) is 26.5. The largest absolute Gasteiger partial charge is 0.507 e. The van der Waals surface area contributed by atoms with Crippen LogP contribution in [0, 0.1) is 0 Å². The molecule has 1 saturated heterocycles. The second kappa shape index (κ2) is 6.72. The predicted octanol–water partition coefficient (Wildman–Crippen LogP) is 1.44. The van der Waals surface area contributed by atoms with Crippen LogP contribution in [0.15, 0.2) is 36.7 Å². The van der Waals surface area contributed by atoms with Gasteiger partial charge in [-0.1, -0.05) is 6.07 Å². The highest BCUT2D eigenvalue weighted by Crippen LogP contribution is 2.31. The third kappa shape index (κ3) is 3.11. The fraction of sp³-hybridized carbons (Fsp3) is 0.333. The maximum atomic E-state index is 10.4. The van der Waals surface area contributed by atoms with Crippen molar-refractivity contribution in [1.82, 2.24) is 30.3 Å². The molecule has 0 spiro atoms. The first kappa shape index (κ1) is 16.5. The van der Waals surface area contributed by atoms with Gasteiger partial charge in [0.2, 0.25) is 5.95 Å². The number of aryl methyl sites for hydroxylation is 1. The second-order valence-corrected chi connectivity index (χ2v) is 6.47. The van der Waals surface area contributed by atoms with Crippen molar-refractivity contribution in [2.24, 2.45) is 7.05 Å². The Balaban J connectivity index is 1.56. The van der Waals surface area contributed by atoms with Gasteiger partial charge in [-0.05, 0) is 31.7 Å². The zero-order valence-corrected chi connectivity index (χ0v) is 14.8. The molecule has 0 radical (unpaired) electrons.